The molecule has 0 bridgehead atoms. The molecule has 1 saturated heterocycles. The van der Waals surface area contributed by atoms with Crippen LogP contribution in [0.1, 0.15) is 20.3 Å². The molecule has 1 atom stereocenters. The lowest BCUT2D eigenvalue weighted by Crippen LogP contribution is -2.53. The van der Waals surface area contributed by atoms with Gasteiger partial charge in [0.25, 0.3) is 0 Å². The van der Waals surface area contributed by atoms with Crippen LogP contribution in [0.2, 0.25) is 0 Å². The quantitative estimate of drug-likeness (QED) is 0.657. The number of hydrogen-bond donors (Lipinski definition) is 2. The zero-order chi connectivity index (χ0) is 9.84. The number of ether oxygens (including phenoxy) is 1. The summed E-state index contributed by atoms with van der Waals surface area (Å²) in [5, 5.41) is 11.9. The van der Waals surface area contributed by atoms with Gasteiger partial charge < -0.3 is 9.84 Å². The van der Waals surface area contributed by atoms with Crippen molar-refractivity contribution < 1.29 is 14.6 Å². The predicted molar refractivity (Wildman–Crippen MR) is 48.6 cm³/mol. The van der Waals surface area contributed by atoms with Gasteiger partial charge in [-0.3, -0.25) is 10.1 Å². The van der Waals surface area contributed by atoms with Crippen molar-refractivity contribution in [3.05, 3.63) is 0 Å². The van der Waals surface area contributed by atoms with Gasteiger partial charge in [0.1, 0.15) is 6.04 Å². The maximum Gasteiger partial charge on any atom is 0.320 e. The summed E-state index contributed by atoms with van der Waals surface area (Å²) in [6.07, 6.45) is 0.672. The molecule has 0 saturated carbocycles. The molecule has 0 aliphatic carbocycles. The van der Waals surface area contributed by atoms with Gasteiger partial charge >= 0.3 is 5.97 Å². The summed E-state index contributed by atoms with van der Waals surface area (Å²) in [7, 11) is 0. The van der Waals surface area contributed by atoms with Crippen LogP contribution in [-0.2, 0) is 9.53 Å². The molecule has 13 heavy (non-hydrogen) atoms. The molecule has 0 spiro atoms. The smallest absolute Gasteiger partial charge is 0.320 e. The lowest BCUT2D eigenvalue weighted by molar-refractivity contribution is -0.141. The third-order valence-corrected chi connectivity index (χ3v) is 2.08. The first kappa shape index (κ1) is 10.5. The van der Waals surface area contributed by atoms with Crippen LogP contribution in [0.15, 0.2) is 0 Å². The van der Waals surface area contributed by atoms with Gasteiger partial charge in [-0.1, -0.05) is 13.8 Å². The SMILES string of the molecule is CC(C)CC(NC1COC1)C(=O)O. The van der Waals surface area contributed by atoms with Crippen molar-refractivity contribution in [1.82, 2.24) is 5.32 Å². The van der Waals surface area contributed by atoms with Crippen molar-refractivity contribution in [2.45, 2.75) is 32.4 Å². The second-order valence-corrected chi connectivity index (χ2v) is 3.92. The molecule has 4 nitrogen and oxygen atoms in total. The van der Waals surface area contributed by atoms with Crippen molar-refractivity contribution in [2.75, 3.05) is 13.2 Å². The van der Waals surface area contributed by atoms with Gasteiger partial charge in [0.2, 0.25) is 0 Å². The summed E-state index contributed by atoms with van der Waals surface area (Å²) < 4.78 is 4.97. The van der Waals surface area contributed by atoms with Crippen LogP contribution in [0.5, 0.6) is 0 Å². The summed E-state index contributed by atoms with van der Waals surface area (Å²) in [6.45, 7) is 5.33. The minimum absolute atomic E-state index is 0.236. The molecule has 0 aromatic rings. The normalized spacial score (nSPS) is 19.9. The summed E-state index contributed by atoms with van der Waals surface area (Å²) in [6, 6.07) is -0.186. The molecule has 1 heterocycles. The Hall–Kier alpha value is -0.610. The first-order chi connectivity index (χ1) is 6.09. The van der Waals surface area contributed by atoms with Crippen molar-refractivity contribution in [3.8, 4) is 0 Å². The Morgan fingerprint density at radius 3 is 2.54 bits per heavy atom. The average molecular weight is 187 g/mol. The van der Waals surface area contributed by atoms with E-state index >= 15 is 0 Å². The number of carboxylic acids is 1. The minimum Gasteiger partial charge on any atom is -0.480 e. The molecule has 76 valence electrons. The van der Waals surface area contributed by atoms with E-state index in [1.54, 1.807) is 0 Å². The van der Waals surface area contributed by atoms with Crippen molar-refractivity contribution in [2.24, 2.45) is 5.92 Å². The van der Waals surface area contributed by atoms with Gasteiger partial charge in [0, 0.05) is 0 Å². The number of rotatable bonds is 5. The van der Waals surface area contributed by atoms with Gasteiger partial charge in [0.15, 0.2) is 0 Å². The number of nitrogens with one attached hydrogen (secondary N) is 1. The zero-order valence-corrected chi connectivity index (χ0v) is 8.12. The molecule has 4 heteroatoms. The standard InChI is InChI=1S/C9H17NO3/c1-6(2)3-8(9(11)12)10-7-4-13-5-7/h6-8,10H,3-5H2,1-2H3,(H,11,12). The van der Waals surface area contributed by atoms with E-state index in [0.717, 1.165) is 0 Å². The molecule has 1 fully saturated rings. The molecule has 0 aromatic carbocycles. The van der Waals surface area contributed by atoms with Crippen molar-refractivity contribution in [1.29, 1.82) is 0 Å². The Labute approximate surface area is 78.3 Å². The second-order valence-electron chi connectivity index (χ2n) is 3.92. The Bertz CT molecular complexity index is 178. The van der Waals surface area contributed by atoms with Crippen LogP contribution in [-0.4, -0.2) is 36.4 Å². The summed E-state index contributed by atoms with van der Waals surface area (Å²) in [4.78, 5) is 10.8. The first-order valence-electron chi connectivity index (χ1n) is 4.66. The Morgan fingerprint density at radius 2 is 2.23 bits per heavy atom. The van der Waals surface area contributed by atoms with Gasteiger partial charge in [0.05, 0.1) is 19.3 Å². The lowest BCUT2D eigenvalue weighted by atomic mass is 10.0. The van der Waals surface area contributed by atoms with Crippen LogP contribution >= 0.6 is 0 Å². The van der Waals surface area contributed by atoms with Crippen LogP contribution in [0, 0.1) is 5.92 Å². The van der Waals surface area contributed by atoms with Crippen molar-refractivity contribution in [3.63, 3.8) is 0 Å². The fraction of sp³-hybridized carbons (Fsp3) is 0.889. The highest BCUT2D eigenvalue weighted by atomic mass is 16.5. The van der Waals surface area contributed by atoms with E-state index in [2.05, 4.69) is 5.32 Å². The van der Waals surface area contributed by atoms with Crippen molar-refractivity contribution >= 4 is 5.97 Å². The number of hydrogen-bond acceptors (Lipinski definition) is 3. The largest absolute Gasteiger partial charge is 0.480 e. The molecular formula is C9H17NO3. The Kier molecular flexibility index (Phi) is 3.69. The number of carboxylic acid groups (broad SMARTS) is 1. The molecule has 2 N–H and O–H groups in total. The van der Waals surface area contributed by atoms with E-state index in [1.807, 2.05) is 13.8 Å². The van der Waals surface area contributed by atoms with E-state index in [4.69, 9.17) is 9.84 Å². The van der Waals surface area contributed by atoms with Crippen LogP contribution in [0.25, 0.3) is 0 Å². The van der Waals surface area contributed by atoms with E-state index in [1.165, 1.54) is 0 Å². The molecule has 1 unspecified atom stereocenters. The first-order valence-corrected chi connectivity index (χ1v) is 4.66. The monoisotopic (exact) mass is 187 g/mol. The summed E-state index contributed by atoms with van der Waals surface area (Å²) in [5.74, 6) is -0.366. The van der Waals surface area contributed by atoms with E-state index in [9.17, 15) is 4.79 Å². The molecule has 0 aromatic heterocycles. The highest BCUT2D eigenvalue weighted by Crippen LogP contribution is 2.08. The fourth-order valence-electron chi connectivity index (χ4n) is 1.33. The Morgan fingerprint density at radius 1 is 1.62 bits per heavy atom. The molecule has 0 amide bonds. The molecular weight excluding hydrogens is 170 g/mol. The zero-order valence-electron chi connectivity index (χ0n) is 8.12. The number of carbonyl (C=O) groups is 1. The van der Waals surface area contributed by atoms with Crippen LogP contribution in [0.4, 0.5) is 0 Å². The maximum atomic E-state index is 10.8. The maximum absolute atomic E-state index is 10.8. The van der Waals surface area contributed by atoms with E-state index < -0.39 is 12.0 Å². The highest BCUT2D eigenvalue weighted by molar-refractivity contribution is 5.73. The molecule has 1 rings (SSSR count). The second kappa shape index (κ2) is 4.58. The third-order valence-electron chi connectivity index (χ3n) is 2.08. The third kappa shape index (κ3) is 3.32. The highest BCUT2D eigenvalue weighted by Gasteiger charge is 2.26. The molecule has 1 aliphatic rings. The predicted octanol–water partition coefficient (Wildman–Crippen LogP) is 0.474. The lowest BCUT2D eigenvalue weighted by Gasteiger charge is -2.30. The van der Waals surface area contributed by atoms with Crippen LogP contribution < -0.4 is 5.32 Å². The van der Waals surface area contributed by atoms with Crippen LogP contribution in [0.3, 0.4) is 0 Å². The van der Waals surface area contributed by atoms with Gasteiger partial charge in [-0.15, -0.1) is 0 Å². The average Bonchev–Trinajstić information content (AvgIpc) is 1.92. The molecule has 0 radical (unpaired) electrons. The minimum atomic E-state index is -0.763. The fourth-order valence-corrected chi connectivity index (χ4v) is 1.33. The number of aliphatic carboxylic acids is 1. The summed E-state index contributed by atoms with van der Waals surface area (Å²) in [5.41, 5.74) is 0. The topological polar surface area (TPSA) is 58.6 Å². The van der Waals surface area contributed by atoms with E-state index in [0.29, 0.717) is 25.6 Å². The van der Waals surface area contributed by atoms with Gasteiger partial charge in [-0.2, -0.15) is 0 Å². The summed E-state index contributed by atoms with van der Waals surface area (Å²) >= 11 is 0. The van der Waals surface area contributed by atoms with E-state index in [-0.39, 0.29) is 6.04 Å². The Balaban J connectivity index is 2.32. The van der Waals surface area contributed by atoms with Gasteiger partial charge in [-0.05, 0) is 12.3 Å². The van der Waals surface area contributed by atoms with Gasteiger partial charge in [-0.25, -0.2) is 0 Å². The molecule has 1 aliphatic heterocycles.